The Hall–Kier alpha value is -3.19. The monoisotopic (exact) mass is 515 g/mol. The number of carbonyl (C=O) groups is 1. The number of aromatic nitrogens is 4. The third kappa shape index (κ3) is 6.32. The van der Waals surface area contributed by atoms with Crippen LogP contribution in [0.1, 0.15) is 26.5 Å². The Morgan fingerprint density at radius 1 is 1.19 bits per heavy atom. The standard InChI is InChI=1S/C24H33N7O4S/c1-16(2)36(33,34)15-20-11-22(31-9-10-35-14-17(31)3)29-23(26-20)18-5-7-19(8-6-18)27-24(32)28-21-12-25-30(4)13-21/h5-8,11-13,16-17,33-34H,9-10,14-15H2,1-4H3,(H2,27,28,32)/t17-/m0/s1. The van der Waals surface area contributed by atoms with E-state index in [1.807, 2.05) is 18.2 Å². The van der Waals surface area contributed by atoms with Crippen LogP contribution < -0.4 is 15.5 Å². The molecule has 11 nitrogen and oxygen atoms in total. The maximum Gasteiger partial charge on any atom is 0.323 e. The molecule has 36 heavy (non-hydrogen) atoms. The van der Waals surface area contributed by atoms with E-state index in [9.17, 15) is 13.9 Å². The highest BCUT2D eigenvalue weighted by atomic mass is 32.3. The average molecular weight is 516 g/mol. The van der Waals surface area contributed by atoms with Crippen molar-refractivity contribution in [2.24, 2.45) is 7.05 Å². The van der Waals surface area contributed by atoms with Crippen LogP contribution in [0.25, 0.3) is 11.4 Å². The van der Waals surface area contributed by atoms with Crippen LogP contribution in [0.3, 0.4) is 0 Å². The van der Waals surface area contributed by atoms with Crippen LogP contribution in [0.2, 0.25) is 0 Å². The largest absolute Gasteiger partial charge is 0.377 e. The molecule has 1 aliphatic rings. The fourth-order valence-electron chi connectivity index (χ4n) is 3.77. The Morgan fingerprint density at radius 3 is 2.56 bits per heavy atom. The molecule has 1 atom stereocenters. The lowest BCUT2D eigenvalue weighted by molar-refractivity contribution is 0.0985. The maximum atomic E-state index is 12.3. The number of anilines is 3. The molecule has 2 amide bonds. The highest BCUT2D eigenvalue weighted by molar-refractivity contribution is 8.24. The second kappa shape index (κ2) is 10.8. The number of nitrogens with one attached hydrogen (secondary N) is 2. The summed E-state index contributed by atoms with van der Waals surface area (Å²) in [6, 6.07) is 8.78. The van der Waals surface area contributed by atoms with Crippen molar-refractivity contribution in [1.82, 2.24) is 19.7 Å². The number of benzene rings is 1. The van der Waals surface area contributed by atoms with Gasteiger partial charge < -0.3 is 20.3 Å². The van der Waals surface area contributed by atoms with Crippen LogP contribution in [-0.4, -0.2) is 65.9 Å². The lowest BCUT2D eigenvalue weighted by atomic mass is 10.2. The SMILES string of the molecule is CC(C)S(O)(O)Cc1cc(N2CCOC[C@@H]2C)nc(-c2ccc(NC(=O)Nc3cnn(C)c3)cc2)n1. The van der Waals surface area contributed by atoms with Gasteiger partial charge in [0.25, 0.3) is 0 Å². The highest BCUT2D eigenvalue weighted by Crippen LogP contribution is 2.47. The number of carbonyl (C=O) groups excluding carboxylic acids is 1. The molecule has 1 saturated heterocycles. The van der Waals surface area contributed by atoms with Crippen molar-refractivity contribution in [3.8, 4) is 11.4 Å². The van der Waals surface area contributed by atoms with Crippen molar-refractivity contribution in [3.63, 3.8) is 0 Å². The molecule has 4 N–H and O–H groups in total. The molecule has 0 saturated carbocycles. The van der Waals surface area contributed by atoms with Crippen molar-refractivity contribution in [1.29, 1.82) is 0 Å². The summed E-state index contributed by atoms with van der Waals surface area (Å²) in [5.74, 6) is 1.26. The molecule has 0 spiro atoms. The smallest absolute Gasteiger partial charge is 0.323 e. The quantitative estimate of drug-likeness (QED) is 0.363. The summed E-state index contributed by atoms with van der Waals surface area (Å²) in [7, 11) is -1.08. The van der Waals surface area contributed by atoms with Crippen molar-refractivity contribution in [2.75, 3.05) is 35.3 Å². The summed E-state index contributed by atoms with van der Waals surface area (Å²) in [6.45, 7) is 7.53. The number of morpholine rings is 1. The van der Waals surface area contributed by atoms with E-state index in [0.29, 0.717) is 42.7 Å². The zero-order chi connectivity index (χ0) is 25.9. The van der Waals surface area contributed by atoms with Gasteiger partial charge in [0.1, 0.15) is 5.82 Å². The highest BCUT2D eigenvalue weighted by Gasteiger charge is 2.24. The van der Waals surface area contributed by atoms with Crippen LogP contribution >= 0.6 is 10.6 Å². The number of aryl methyl sites for hydroxylation is 1. The first-order chi connectivity index (χ1) is 17.1. The number of hydrogen-bond acceptors (Lipinski definition) is 8. The van der Waals surface area contributed by atoms with Gasteiger partial charge in [-0.05, 0) is 45.0 Å². The second-order valence-corrected chi connectivity index (χ2v) is 11.8. The third-order valence-electron chi connectivity index (χ3n) is 5.91. The van der Waals surface area contributed by atoms with Crippen LogP contribution in [-0.2, 0) is 17.5 Å². The van der Waals surface area contributed by atoms with Gasteiger partial charge in [-0.1, -0.05) is 0 Å². The summed E-state index contributed by atoms with van der Waals surface area (Å²) >= 11 is 0. The molecule has 1 aromatic carbocycles. The first kappa shape index (κ1) is 25.9. The molecule has 194 valence electrons. The fourth-order valence-corrected chi connectivity index (χ4v) is 4.68. The van der Waals surface area contributed by atoms with Gasteiger partial charge in [-0.2, -0.15) is 15.7 Å². The molecule has 12 heteroatoms. The van der Waals surface area contributed by atoms with Gasteiger partial charge >= 0.3 is 6.03 Å². The van der Waals surface area contributed by atoms with Gasteiger partial charge in [-0.25, -0.2) is 14.8 Å². The van der Waals surface area contributed by atoms with E-state index in [1.54, 1.807) is 50.1 Å². The first-order valence-electron chi connectivity index (χ1n) is 11.7. The predicted molar refractivity (Wildman–Crippen MR) is 143 cm³/mol. The van der Waals surface area contributed by atoms with E-state index < -0.39 is 10.6 Å². The molecular formula is C24H33N7O4S. The molecule has 1 aliphatic heterocycles. The second-order valence-electron chi connectivity index (χ2n) is 9.13. The number of hydrogen-bond donors (Lipinski definition) is 4. The number of rotatable bonds is 7. The van der Waals surface area contributed by atoms with E-state index in [1.165, 1.54) is 0 Å². The Labute approximate surface area is 212 Å². The number of nitrogens with zero attached hydrogens (tertiary/aromatic N) is 5. The Morgan fingerprint density at radius 2 is 1.92 bits per heavy atom. The topological polar surface area (TPSA) is 138 Å². The minimum absolute atomic E-state index is 0.0556. The Balaban J connectivity index is 1.57. The van der Waals surface area contributed by atoms with Gasteiger partial charge in [-0.15, -0.1) is 0 Å². The summed E-state index contributed by atoms with van der Waals surface area (Å²) < 4.78 is 28.3. The van der Waals surface area contributed by atoms with E-state index in [2.05, 4.69) is 32.5 Å². The van der Waals surface area contributed by atoms with Crippen LogP contribution in [0.5, 0.6) is 0 Å². The van der Waals surface area contributed by atoms with E-state index >= 15 is 0 Å². The third-order valence-corrected chi connectivity index (χ3v) is 8.14. The zero-order valence-electron chi connectivity index (χ0n) is 20.9. The van der Waals surface area contributed by atoms with Crippen molar-refractivity contribution < 1.29 is 18.6 Å². The molecule has 3 heterocycles. The molecular weight excluding hydrogens is 482 g/mol. The fraction of sp³-hybridized carbons (Fsp3) is 0.417. The lowest BCUT2D eigenvalue weighted by Crippen LogP contribution is -2.44. The van der Waals surface area contributed by atoms with Crippen LogP contribution in [0.15, 0.2) is 42.7 Å². The van der Waals surface area contributed by atoms with Gasteiger partial charge in [0, 0.05) is 42.4 Å². The average Bonchev–Trinajstić information content (AvgIpc) is 3.23. The zero-order valence-corrected chi connectivity index (χ0v) is 21.7. The number of urea groups is 1. The van der Waals surface area contributed by atoms with Gasteiger partial charge in [-0.3, -0.25) is 13.8 Å². The molecule has 1 fully saturated rings. The van der Waals surface area contributed by atoms with Crippen molar-refractivity contribution in [3.05, 3.63) is 48.4 Å². The Bertz CT molecular complexity index is 1200. The maximum absolute atomic E-state index is 12.3. The van der Waals surface area contributed by atoms with Gasteiger partial charge in [0.05, 0.1) is 42.6 Å². The Kier molecular flexibility index (Phi) is 7.79. The minimum atomic E-state index is -2.85. The van der Waals surface area contributed by atoms with Crippen molar-refractivity contribution >= 4 is 33.8 Å². The normalized spacial score (nSPS) is 16.8. The van der Waals surface area contributed by atoms with Gasteiger partial charge in [0.15, 0.2) is 5.82 Å². The van der Waals surface area contributed by atoms with Crippen molar-refractivity contribution in [2.45, 2.75) is 37.8 Å². The van der Waals surface area contributed by atoms with E-state index in [0.717, 1.165) is 11.4 Å². The van der Waals surface area contributed by atoms with Crippen LogP contribution in [0.4, 0.5) is 22.0 Å². The molecule has 0 unspecified atom stereocenters. The molecule has 2 aromatic heterocycles. The predicted octanol–water partition coefficient (Wildman–Crippen LogP) is 4.41. The summed E-state index contributed by atoms with van der Waals surface area (Å²) in [5.41, 5.74) is 2.51. The molecule has 4 rings (SSSR count). The lowest BCUT2D eigenvalue weighted by Gasteiger charge is -2.37. The number of amides is 2. The number of ether oxygens (including phenoxy) is 1. The van der Waals surface area contributed by atoms with E-state index in [-0.39, 0.29) is 23.1 Å². The first-order valence-corrected chi connectivity index (χ1v) is 13.5. The van der Waals surface area contributed by atoms with E-state index in [4.69, 9.17) is 9.72 Å². The summed E-state index contributed by atoms with van der Waals surface area (Å²) in [6.07, 6.45) is 3.27. The summed E-state index contributed by atoms with van der Waals surface area (Å²) in [4.78, 5) is 23.9. The molecule has 0 radical (unpaired) electrons. The molecule has 3 aromatic rings. The molecule has 0 bridgehead atoms. The molecule has 0 aliphatic carbocycles. The summed E-state index contributed by atoms with van der Waals surface area (Å²) in [5, 5.41) is 9.25. The van der Waals surface area contributed by atoms with Crippen LogP contribution in [0, 0.1) is 0 Å². The minimum Gasteiger partial charge on any atom is -0.377 e. The van der Waals surface area contributed by atoms with Gasteiger partial charge in [0.2, 0.25) is 0 Å².